The predicted molar refractivity (Wildman–Crippen MR) is 118 cm³/mol. The van der Waals surface area contributed by atoms with Gasteiger partial charge in [-0.2, -0.15) is 0 Å². The fourth-order valence-electron chi connectivity index (χ4n) is 4.91. The summed E-state index contributed by atoms with van der Waals surface area (Å²) in [5.74, 6) is 1.53. The lowest BCUT2D eigenvalue weighted by molar-refractivity contribution is -0.126. The summed E-state index contributed by atoms with van der Waals surface area (Å²) >= 11 is 0. The third-order valence-corrected chi connectivity index (χ3v) is 6.30. The standard InChI is InChI=1S/C24H37N3O3/c1-4-30-24(29)27-11-9-20(10-12-27)23(28)25-14-21-7-5-6-8-22(21)17-26-15-18(2)13-19(3)16-26/h5-8,18-20H,4,9-17H2,1-3H3,(H,25,28). The van der Waals surface area contributed by atoms with Crippen molar-refractivity contribution in [3.63, 3.8) is 0 Å². The van der Waals surface area contributed by atoms with Gasteiger partial charge in [-0.1, -0.05) is 38.1 Å². The molecular weight excluding hydrogens is 378 g/mol. The Kier molecular flexibility index (Phi) is 8.14. The molecule has 6 nitrogen and oxygen atoms in total. The average Bonchev–Trinajstić information content (AvgIpc) is 2.72. The first-order valence-corrected chi connectivity index (χ1v) is 11.4. The van der Waals surface area contributed by atoms with Crippen LogP contribution in [0.5, 0.6) is 0 Å². The maximum Gasteiger partial charge on any atom is 0.409 e. The van der Waals surface area contributed by atoms with E-state index in [-0.39, 0.29) is 17.9 Å². The van der Waals surface area contributed by atoms with E-state index in [2.05, 4.69) is 42.3 Å². The maximum absolute atomic E-state index is 12.7. The lowest BCUT2D eigenvalue weighted by Gasteiger charge is -2.35. The van der Waals surface area contributed by atoms with E-state index in [1.54, 1.807) is 4.90 Å². The molecule has 0 aliphatic carbocycles. The summed E-state index contributed by atoms with van der Waals surface area (Å²) < 4.78 is 5.05. The van der Waals surface area contributed by atoms with E-state index in [1.807, 2.05) is 13.0 Å². The molecule has 2 atom stereocenters. The highest BCUT2D eigenvalue weighted by Gasteiger charge is 2.28. The van der Waals surface area contributed by atoms with E-state index in [9.17, 15) is 9.59 Å². The molecule has 0 radical (unpaired) electrons. The van der Waals surface area contributed by atoms with Gasteiger partial charge in [-0.15, -0.1) is 0 Å². The van der Waals surface area contributed by atoms with Gasteiger partial charge in [-0.25, -0.2) is 4.79 Å². The van der Waals surface area contributed by atoms with Gasteiger partial charge >= 0.3 is 6.09 Å². The molecule has 0 saturated carbocycles. The fraction of sp³-hybridized carbons (Fsp3) is 0.667. The van der Waals surface area contributed by atoms with Crippen molar-refractivity contribution in [3.05, 3.63) is 35.4 Å². The Labute approximate surface area is 180 Å². The molecule has 0 aromatic heterocycles. The van der Waals surface area contributed by atoms with E-state index in [4.69, 9.17) is 4.74 Å². The molecule has 166 valence electrons. The van der Waals surface area contributed by atoms with Crippen molar-refractivity contribution in [3.8, 4) is 0 Å². The minimum atomic E-state index is -0.272. The molecule has 0 spiro atoms. The maximum atomic E-state index is 12.7. The van der Waals surface area contributed by atoms with Crippen LogP contribution < -0.4 is 5.32 Å². The number of likely N-dealkylation sites (tertiary alicyclic amines) is 2. The van der Waals surface area contributed by atoms with Crippen LogP contribution in [0.4, 0.5) is 4.79 Å². The number of carbonyl (C=O) groups excluding carboxylic acids is 2. The lowest BCUT2D eigenvalue weighted by atomic mass is 9.91. The van der Waals surface area contributed by atoms with Crippen LogP contribution in [0.3, 0.4) is 0 Å². The van der Waals surface area contributed by atoms with E-state index >= 15 is 0 Å². The summed E-state index contributed by atoms with van der Waals surface area (Å²) in [6, 6.07) is 8.44. The highest BCUT2D eigenvalue weighted by molar-refractivity contribution is 5.79. The zero-order valence-corrected chi connectivity index (χ0v) is 18.7. The Morgan fingerprint density at radius 3 is 2.33 bits per heavy atom. The molecule has 2 aliphatic rings. The van der Waals surface area contributed by atoms with Crippen LogP contribution in [0, 0.1) is 17.8 Å². The van der Waals surface area contributed by atoms with Crippen molar-refractivity contribution in [2.24, 2.45) is 17.8 Å². The van der Waals surface area contributed by atoms with Crippen molar-refractivity contribution in [2.45, 2.75) is 53.1 Å². The minimum absolute atomic E-state index is 0.0355. The van der Waals surface area contributed by atoms with Gasteiger partial charge in [-0.05, 0) is 49.1 Å². The van der Waals surface area contributed by atoms with Gasteiger partial charge in [0.25, 0.3) is 0 Å². The number of hydrogen-bond acceptors (Lipinski definition) is 4. The SMILES string of the molecule is CCOC(=O)N1CCC(C(=O)NCc2ccccc2CN2CC(C)CC(C)C2)CC1. The predicted octanol–water partition coefficient (Wildman–Crippen LogP) is 3.65. The number of nitrogens with zero attached hydrogens (tertiary/aromatic N) is 2. The molecule has 6 heteroatoms. The fourth-order valence-corrected chi connectivity index (χ4v) is 4.91. The number of nitrogens with one attached hydrogen (secondary N) is 1. The normalized spacial score (nSPS) is 23.2. The van der Waals surface area contributed by atoms with Gasteiger partial charge in [0.05, 0.1) is 6.61 Å². The van der Waals surface area contributed by atoms with Gasteiger partial charge < -0.3 is 15.0 Å². The number of ether oxygens (including phenoxy) is 1. The summed E-state index contributed by atoms with van der Waals surface area (Å²) in [6.07, 6.45) is 2.42. The summed E-state index contributed by atoms with van der Waals surface area (Å²) in [6.45, 7) is 11.8. The molecule has 1 aromatic rings. The van der Waals surface area contributed by atoms with Crippen LogP contribution in [-0.2, 0) is 22.6 Å². The van der Waals surface area contributed by atoms with Crippen LogP contribution in [0.15, 0.2) is 24.3 Å². The monoisotopic (exact) mass is 415 g/mol. The number of hydrogen-bond donors (Lipinski definition) is 1. The zero-order chi connectivity index (χ0) is 21.5. The van der Waals surface area contributed by atoms with Crippen molar-refractivity contribution in [1.82, 2.24) is 15.1 Å². The smallest absolute Gasteiger partial charge is 0.409 e. The molecule has 1 N–H and O–H groups in total. The van der Waals surface area contributed by atoms with Crippen LogP contribution in [0.2, 0.25) is 0 Å². The summed E-state index contributed by atoms with van der Waals surface area (Å²) in [5, 5.41) is 3.14. The number of piperidine rings is 2. The molecule has 2 unspecified atom stereocenters. The summed E-state index contributed by atoms with van der Waals surface area (Å²) in [5.41, 5.74) is 2.50. The van der Waals surface area contributed by atoms with Crippen LogP contribution in [0.25, 0.3) is 0 Å². The van der Waals surface area contributed by atoms with Crippen molar-refractivity contribution >= 4 is 12.0 Å². The number of carbonyl (C=O) groups is 2. The number of amides is 2. The summed E-state index contributed by atoms with van der Waals surface area (Å²) in [7, 11) is 0. The minimum Gasteiger partial charge on any atom is -0.450 e. The van der Waals surface area contributed by atoms with E-state index in [0.29, 0.717) is 39.1 Å². The second-order valence-corrected chi connectivity index (χ2v) is 9.09. The highest BCUT2D eigenvalue weighted by atomic mass is 16.6. The Balaban J connectivity index is 1.50. The third kappa shape index (κ3) is 6.21. The second kappa shape index (κ2) is 10.8. The quantitative estimate of drug-likeness (QED) is 0.770. The molecule has 0 bridgehead atoms. The highest BCUT2D eigenvalue weighted by Crippen LogP contribution is 2.24. The number of benzene rings is 1. The van der Waals surface area contributed by atoms with Gasteiger partial charge in [-0.3, -0.25) is 9.69 Å². The zero-order valence-electron chi connectivity index (χ0n) is 18.7. The first kappa shape index (κ1) is 22.6. The number of rotatable bonds is 6. The Morgan fingerprint density at radius 2 is 1.70 bits per heavy atom. The van der Waals surface area contributed by atoms with Crippen LogP contribution in [-0.4, -0.2) is 54.6 Å². The third-order valence-electron chi connectivity index (χ3n) is 6.30. The topological polar surface area (TPSA) is 61.9 Å². The second-order valence-electron chi connectivity index (χ2n) is 9.09. The molecule has 2 saturated heterocycles. The first-order chi connectivity index (χ1) is 14.5. The van der Waals surface area contributed by atoms with Crippen LogP contribution in [0.1, 0.15) is 51.2 Å². The van der Waals surface area contributed by atoms with Gasteiger partial charge in [0.15, 0.2) is 0 Å². The largest absolute Gasteiger partial charge is 0.450 e. The molecule has 2 fully saturated rings. The Hall–Kier alpha value is -2.08. The van der Waals surface area contributed by atoms with E-state index in [0.717, 1.165) is 31.5 Å². The molecule has 2 aliphatic heterocycles. The molecule has 2 amide bonds. The van der Waals surface area contributed by atoms with Gasteiger partial charge in [0.1, 0.15) is 0 Å². The van der Waals surface area contributed by atoms with Gasteiger partial charge in [0.2, 0.25) is 5.91 Å². The lowest BCUT2D eigenvalue weighted by Crippen LogP contribution is -2.43. The van der Waals surface area contributed by atoms with Gasteiger partial charge in [0, 0.05) is 45.2 Å². The summed E-state index contributed by atoms with van der Waals surface area (Å²) in [4.78, 5) is 28.8. The average molecular weight is 416 g/mol. The molecule has 1 aromatic carbocycles. The Bertz CT molecular complexity index is 705. The Morgan fingerprint density at radius 1 is 1.07 bits per heavy atom. The molecule has 3 rings (SSSR count). The van der Waals surface area contributed by atoms with Crippen molar-refractivity contribution < 1.29 is 14.3 Å². The van der Waals surface area contributed by atoms with Crippen LogP contribution >= 0.6 is 0 Å². The van der Waals surface area contributed by atoms with E-state index in [1.165, 1.54) is 17.5 Å². The molecule has 30 heavy (non-hydrogen) atoms. The van der Waals surface area contributed by atoms with Crippen molar-refractivity contribution in [2.75, 3.05) is 32.8 Å². The van der Waals surface area contributed by atoms with E-state index < -0.39 is 0 Å². The molecule has 2 heterocycles. The van der Waals surface area contributed by atoms with Crippen molar-refractivity contribution in [1.29, 1.82) is 0 Å². The molecular formula is C24H37N3O3. The first-order valence-electron chi connectivity index (χ1n) is 11.4.